The van der Waals surface area contributed by atoms with E-state index in [-0.39, 0.29) is 5.91 Å². The van der Waals surface area contributed by atoms with Crippen molar-refractivity contribution in [3.05, 3.63) is 59.1 Å². The molecular weight excluding hydrogens is 360 g/mol. The van der Waals surface area contributed by atoms with E-state index >= 15 is 0 Å². The van der Waals surface area contributed by atoms with Crippen molar-refractivity contribution >= 4 is 28.9 Å². The molecule has 0 aliphatic carbocycles. The van der Waals surface area contributed by atoms with E-state index in [1.54, 1.807) is 12.1 Å². The Kier molecular flexibility index (Phi) is 6.69. The van der Waals surface area contributed by atoms with E-state index < -0.39 is 0 Å². The highest BCUT2D eigenvalue weighted by Crippen LogP contribution is 2.22. The maximum Gasteiger partial charge on any atom is 0.225 e. The lowest BCUT2D eigenvalue weighted by Gasteiger charge is -2.24. The number of nitriles is 1. The number of carbonyl (C=O) groups is 1. The second-order valence-corrected chi connectivity index (χ2v) is 7.00. The highest BCUT2D eigenvalue weighted by molar-refractivity contribution is 6.33. The van der Waals surface area contributed by atoms with E-state index in [0.717, 1.165) is 38.3 Å². The first kappa shape index (κ1) is 19.2. The SMILES string of the molecule is N#Cc1ccccc1N1CCCN(CCC(=O)Nc2ccccc2Cl)CC1. The lowest BCUT2D eigenvalue weighted by Crippen LogP contribution is -2.33. The van der Waals surface area contributed by atoms with E-state index in [1.807, 2.05) is 36.4 Å². The van der Waals surface area contributed by atoms with Crippen molar-refractivity contribution in [3.8, 4) is 6.07 Å². The second kappa shape index (κ2) is 9.40. The van der Waals surface area contributed by atoms with Crippen molar-refractivity contribution < 1.29 is 4.79 Å². The van der Waals surface area contributed by atoms with Gasteiger partial charge in [0.2, 0.25) is 5.91 Å². The Morgan fingerprint density at radius 2 is 1.85 bits per heavy atom. The number of hydrogen-bond acceptors (Lipinski definition) is 4. The van der Waals surface area contributed by atoms with Crippen LogP contribution in [0.4, 0.5) is 11.4 Å². The van der Waals surface area contributed by atoms with Crippen LogP contribution < -0.4 is 10.2 Å². The fourth-order valence-corrected chi connectivity index (χ4v) is 3.50. The molecule has 0 bridgehead atoms. The average molecular weight is 383 g/mol. The standard InChI is InChI=1S/C21H23ClN4O/c22-18-7-2-3-8-19(18)24-21(27)10-13-25-11-5-12-26(15-14-25)20-9-4-1-6-17(20)16-23/h1-4,6-9H,5,10-15H2,(H,24,27). The quantitative estimate of drug-likeness (QED) is 0.855. The van der Waals surface area contributed by atoms with Crippen LogP contribution in [0.25, 0.3) is 0 Å². The molecular formula is C21H23ClN4O. The van der Waals surface area contributed by atoms with Gasteiger partial charge in [0.05, 0.1) is 22.0 Å². The Balaban J connectivity index is 1.51. The van der Waals surface area contributed by atoms with Crippen LogP contribution in [0.3, 0.4) is 0 Å². The van der Waals surface area contributed by atoms with Gasteiger partial charge in [-0.1, -0.05) is 35.9 Å². The molecule has 27 heavy (non-hydrogen) atoms. The van der Waals surface area contributed by atoms with Crippen molar-refractivity contribution in [1.29, 1.82) is 5.26 Å². The van der Waals surface area contributed by atoms with Crippen LogP contribution in [0.15, 0.2) is 48.5 Å². The number of carbonyl (C=O) groups excluding carboxylic acids is 1. The van der Waals surface area contributed by atoms with Gasteiger partial charge in [-0.25, -0.2) is 0 Å². The summed E-state index contributed by atoms with van der Waals surface area (Å²) in [7, 11) is 0. The number of para-hydroxylation sites is 2. The minimum absolute atomic E-state index is 0.0287. The van der Waals surface area contributed by atoms with Gasteiger partial charge in [-0.3, -0.25) is 4.79 Å². The van der Waals surface area contributed by atoms with Gasteiger partial charge in [0.1, 0.15) is 6.07 Å². The number of nitrogens with one attached hydrogen (secondary N) is 1. The van der Waals surface area contributed by atoms with E-state index in [4.69, 9.17) is 11.6 Å². The summed E-state index contributed by atoms with van der Waals surface area (Å²) in [6.45, 7) is 4.31. The van der Waals surface area contributed by atoms with Crippen molar-refractivity contribution in [2.45, 2.75) is 12.8 Å². The predicted octanol–water partition coefficient (Wildman–Crippen LogP) is 3.75. The molecule has 2 aromatic carbocycles. The monoisotopic (exact) mass is 382 g/mol. The molecule has 0 aromatic heterocycles. The molecule has 6 heteroatoms. The molecule has 0 atom stereocenters. The van der Waals surface area contributed by atoms with Crippen molar-refractivity contribution in [3.63, 3.8) is 0 Å². The zero-order valence-electron chi connectivity index (χ0n) is 15.2. The Labute approximate surface area is 165 Å². The van der Waals surface area contributed by atoms with E-state index in [2.05, 4.69) is 21.2 Å². The molecule has 1 saturated heterocycles. The Morgan fingerprint density at radius 1 is 1.07 bits per heavy atom. The number of amides is 1. The van der Waals surface area contributed by atoms with Crippen LogP contribution in [0, 0.1) is 11.3 Å². The van der Waals surface area contributed by atoms with Crippen molar-refractivity contribution in [2.75, 3.05) is 42.9 Å². The molecule has 0 saturated carbocycles. The highest BCUT2D eigenvalue weighted by Gasteiger charge is 2.18. The first-order valence-corrected chi connectivity index (χ1v) is 9.56. The van der Waals surface area contributed by atoms with Crippen molar-refractivity contribution in [1.82, 2.24) is 4.90 Å². The minimum Gasteiger partial charge on any atom is -0.369 e. The summed E-state index contributed by atoms with van der Waals surface area (Å²) >= 11 is 6.08. The normalized spacial score (nSPS) is 15.0. The predicted molar refractivity (Wildman–Crippen MR) is 109 cm³/mol. The third-order valence-electron chi connectivity index (χ3n) is 4.76. The topological polar surface area (TPSA) is 59.4 Å². The fraction of sp³-hybridized carbons (Fsp3) is 0.333. The third kappa shape index (κ3) is 5.22. The van der Waals surface area contributed by atoms with Crippen molar-refractivity contribution in [2.24, 2.45) is 0 Å². The van der Waals surface area contributed by atoms with Gasteiger partial charge >= 0.3 is 0 Å². The first-order valence-electron chi connectivity index (χ1n) is 9.18. The number of nitrogens with zero attached hydrogens (tertiary/aromatic N) is 3. The van der Waals surface area contributed by atoms with E-state index in [9.17, 15) is 10.1 Å². The molecule has 0 unspecified atom stereocenters. The third-order valence-corrected chi connectivity index (χ3v) is 5.09. The van der Waals surface area contributed by atoms with Gasteiger partial charge in [-0.05, 0) is 37.2 Å². The number of anilines is 2. The molecule has 1 aliphatic heterocycles. The van der Waals surface area contributed by atoms with Crippen LogP contribution in [-0.2, 0) is 4.79 Å². The first-order chi connectivity index (χ1) is 13.2. The van der Waals surface area contributed by atoms with Gasteiger partial charge in [0.25, 0.3) is 0 Å². The maximum absolute atomic E-state index is 12.2. The van der Waals surface area contributed by atoms with Gasteiger partial charge in [0, 0.05) is 32.6 Å². The largest absolute Gasteiger partial charge is 0.369 e. The number of hydrogen-bond donors (Lipinski definition) is 1. The van der Waals surface area contributed by atoms with E-state index in [1.165, 1.54) is 0 Å². The summed E-state index contributed by atoms with van der Waals surface area (Å²) in [5.41, 5.74) is 2.36. The summed E-state index contributed by atoms with van der Waals surface area (Å²) in [5, 5.41) is 12.7. The van der Waals surface area contributed by atoms with E-state index in [0.29, 0.717) is 29.2 Å². The molecule has 0 spiro atoms. The molecule has 1 heterocycles. The van der Waals surface area contributed by atoms with Gasteiger partial charge in [0.15, 0.2) is 0 Å². The van der Waals surface area contributed by atoms with Crippen LogP contribution in [0.1, 0.15) is 18.4 Å². The molecule has 0 radical (unpaired) electrons. The van der Waals surface area contributed by atoms with Crippen LogP contribution >= 0.6 is 11.6 Å². The molecule has 1 N–H and O–H groups in total. The summed E-state index contributed by atoms with van der Waals surface area (Å²) < 4.78 is 0. The smallest absolute Gasteiger partial charge is 0.225 e. The number of halogens is 1. The number of rotatable bonds is 5. The van der Waals surface area contributed by atoms with Crippen LogP contribution in [0.5, 0.6) is 0 Å². The summed E-state index contributed by atoms with van der Waals surface area (Å²) in [5.74, 6) is -0.0287. The summed E-state index contributed by atoms with van der Waals surface area (Å²) in [6.07, 6.45) is 1.44. The Morgan fingerprint density at radius 3 is 2.67 bits per heavy atom. The molecule has 2 aromatic rings. The molecule has 1 amide bonds. The lowest BCUT2D eigenvalue weighted by atomic mass is 10.1. The average Bonchev–Trinajstić information content (AvgIpc) is 2.94. The molecule has 3 rings (SSSR count). The minimum atomic E-state index is -0.0287. The van der Waals surface area contributed by atoms with Crippen LogP contribution in [-0.4, -0.2) is 43.5 Å². The van der Waals surface area contributed by atoms with Crippen LogP contribution in [0.2, 0.25) is 5.02 Å². The highest BCUT2D eigenvalue weighted by atomic mass is 35.5. The molecule has 140 valence electrons. The van der Waals surface area contributed by atoms with Gasteiger partial charge in [-0.15, -0.1) is 0 Å². The molecule has 5 nitrogen and oxygen atoms in total. The summed E-state index contributed by atoms with van der Waals surface area (Å²) in [4.78, 5) is 16.8. The van der Waals surface area contributed by atoms with Gasteiger partial charge in [-0.2, -0.15) is 5.26 Å². The maximum atomic E-state index is 12.2. The number of benzene rings is 2. The lowest BCUT2D eigenvalue weighted by molar-refractivity contribution is -0.116. The Bertz CT molecular complexity index is 833. The van der Waals surface area contributed by atoms with Gasteiger partial charge < -0.3 is 15.1 Å². The fourth-order valence-electron chi connectivity index (χ4n) is 3.31. The molecule has 1 aliphatic rings. The summed E-state index contributed by atoms with van der Waals surface area (Å²) in [6, 6.07) is 17.3. The molecule has 1 fully saturated rings. The second-order valence-electron chi connectivity index (χ2n) is 6.59. The zero-order valence-corrected chi connectivity index (χ0v) is 16.0. The Hall–Kier alpha value is -2.55. The zero-order chi connectivity index (χ0) is 19.1.